The van der Waals surface area contributed by atoms with Crippen LogP contribution in [0, 0.1) is 0 Å². The van der Waals surface area contributed by atoms with E-state index in [0.29, 0.717) is 4.83 Å². The first-order valence-corrected chi connectivity index (χ1v) is 5.38. The molecular weight excluding hydrogens is 230 g/mol. The molecule has 1 aromatic heterocycles. The van der Waals surface area contributed by atoms with Crippen LogP contribution in [-0.2, 0) is 0 Å². The second-order valence-corrected chi connectivity index (χ2v) is 4.11. The molecule has 3 nitrogen and oxygen atoms in total. The number of aromatic nitrogens is 2. The molecule has 0 aliphatic rings. The molecule has 0 bridgehead atoms. The molecule has 0 spiro atoms. The summed E-state index contributed by atoms with van der Waals surface area (Å²) >= 11 is 3.58. The number of hydrogen-bond donors (Lipinski definition) is 1. The number of nitrogens with zero attached hydrogens (tertiary/aromatic N) is 2. The molecule has 0 aliphatic heterocycles. The highest BCUT2D eigenvalue weighted by Gasteiger charge is 1.99. The lowest BCUT2D eigenvalue weighted by molar-refractivity contribution is 0.772. The van der Waals surface area contributed by atoms with Gasteiger partial charge in [0.2, 0.25) is 0 Å². The standard InChI is InChI=1S/C9H14BrN3/c1-2-8(10)3-6-12-9-4-5-11-7-13-9/h4-5,7-8H,2-3,6H2,1H3,(H,11,12,13). The van der Waals surface area contributed by atoms with E-state index in [4.69, 9.17) is 0 Å². The number of hydrogen-bond acceptors (Lipinski definition) is 3. The molecule has 1 aromatic rings. The first-order chi connectivity index (χ1) is 6.33. The van der Waals surface area contributed by atoms with Gasteiger partial charge in [-0.2, -0.15) is 0 Å². The molecule has 0 radical (unpaired) electrons. The van der Waals surface area contributed by atoms with E-state index in [-0.39, 0.29) is 0 Å². The van der Waals surface area contributed by atoms with Gasteiger partial charge in [0.25, 0.3) is 0 Å². The van der Waals surface area contributed by atoms with Gasteiger partial charge in [0.05, 0.1) is 0 Å². The quantitative estimate of drug-likeness (QED) is 0.808. The van der Waals surface area contributed by atoms with E-state index in [0.717, 1.165) is 25.2 Å². The molecular formula is C9H14BrN3. The van der Waals surface area contributed by atoms with Crippen molar-refractivity contribution >= 4 is 21.7 Å². The number of halogens is 1. The molecule has 13 heavy (non-hydrogen) atoms. The van der Waals surface area contributed by atoms with Crippen LogP contribution in [0.2, 0.25) is 0 Å². The van der Waals surface area contributed by atoms with E-state index in [1.807, 2.05) is 6.07 Å². The summed E-state index contributed by atoms with van der Waals surface area (Å²) < 4.78 is 0. The van der Waals surface area contributed by atoms with Crippen molar-refractivity contribution in [1.82, 2.24) is 9.97 Å². The first-order valence-electron chi connectivity index (χ1n) is 4.47. The number of alkyl halides is 1. The summed E-state index contributed by atoms with van der Waals surface area (Å²) in [5.41, 5.74) is 0. The summed E-state index contributed by atoms with van der Waals surface area (Å²) in [6, 6.07) is 1.87. The van der Waals surface area contributed by atoms with Crippen LogP contribution in [0.25, 0.3) is 0 Å². The maximum Gasteiger partial charge on any atom is 0.129 e. The summed E-state index contributed by atoms with van der Waals surface area (Å²) in [6.07, 6.45) is 5.56. The fraction of sp³-hybridized carbons (Fsp3) is 0.556. The second-order valence-electron chi connectivity index (χ2n) is 2.82. The Hall–Kier alpha value is -0.640. The van der Waals surface area contributed by atoms with Gasteiger partial charge in [0.15, 0.2) is 0 Å². The zero-order valence-electron chi connectivity index (χ0n) is 7.70. The van der Waals surface area contributed by atoms with Crippen molar-refractivity contribution in [3.63, 3.8) is 0 Å². The molecule has 1 rings (SSSR count). The highest BCUT2D eigenvalue weighted by molar-refractivity contribution is 9.09. The Morgan fingerprint density at radius 3 is 3.08 bits per heavy atom. The molecule has 0 saturated carbocycles. The molecule has 0 fully saturated rings. The van der Waals surface area contributed by atoms with E-state index >= 15 is 0 Å². The predicted octanol–water partition coefficient (Wildman–Crippen LogP) is 2.45. The van der Waals surface area contributed by atoms with Crippen LogP contribution in [0.1, 0.15) is 19.8 Å². The third-order valence-electron chi connectivity index (χ3n) is 1.79. The number of rotatable bonds is 5. The molecule has 0 saturated heterocycles. The topological polar surface area (TPSA) is 37.8 Å². The van der Waals surface area contributed by atoms with Crippen molar-refractivity contribution < 1.29 is 0 Å². The Bertz CT molecular complexity index is 228. The van der Waals surface area contributed by atoms with Crippen LogP contribution in [0.4, 0.5) is 5.82 Å². The van der Waals surface area contributed by atoms with E-state index < -0.39 is 0 Å². The van der Waals surface area contributed by atoms with Gasteiger partial charge in [-0.05, 0) is 18.9 Å². The van der Waals surface area contributed by atoms with Crippen molar-refractivity contribution in [1.29, 1.82) is 0 Å². The Morgan fingerprint density at radius 2 is 2.46 bits per heavy atom. The average Bonchev–Trinajstić information content (AvgIpc) is 2.19. The minimum Gasteiger partial charge on any atom is -0.370 e. The second kappa shape index (κ2) is 5.91. The lowest BCUT2D eigenvalue weighted by Crippen LogP contribution is -2.08. The predicted molar refractivity (Wildman–Crippen MR) is 58.1 cm³/mol. The van der Waals surface area contributed by atoms with Crippen LogP contribution < -0.4 is 5.32 Å². The molecule has 1 atom stereocenters. The Morgan fingerprint density at radius 1 is 1.62 bits per heavy atom. The van der Waals surface area contributed by atoms with E-state index in [9.17, 15) is 0 Å². The molecule has 0 aliphatic carbocycles. The molecule has 0 aromatic carbocycles. The van der Waals surface area contributed by atoms with E-state index in [1.165, 1.54) is 0 Å². The largest absolute Gasteiger partial charge is 0.370 e. The summed E-state index contributed by atoms with van der Waals surface area (Å²) in [7, 11) is 0. The third kappa shape index (κ3) is 4.22. The van der Waals surface area contributed by atoms with E-state index in [2.05, 4.69) is 38.1 Å². The highest BCUT2D eigenvalue weighted by atomic mass is 79.9. The molecule has 72 valence electrons. The summed E-state index contributed by atoms with van der Waals surface area (Å²) in [6.45, 7) is 3.12. The Kier molecular flexibility index (Phi) is 4.75. The Balaban J connectivity index is 2.20. The minimum atomic E-state index is 0.599. The summed E-state index contributed by atoms with van der Waals surface area (Å²) in [5.74, 6) is 0.894. The van der Waals surface area contributed by atoms with Crippen LogP contribution >= 0.6 is 15.9 Å². The normalized spacial score (nSPS) is 12.5. The zero-order valence-corrected chi connectivity index (χ0v) is 9.29. The summed E-state index contributed by atoms with van der Waals surface area (Å²) in [5, 5.41) is 3.23. The van der Waals surface area contributed by atoms with Gasteiger partial charge in [0, 0.05) is 17.6 Å². The molecule has 4 heteroatoms. The average molecular weight is 244 g/mol. The van der Waals surface area contributed by atoms with Gasteiger partial charge in [0.1, 0.15) is 12.1 Å². The highest BCUT2D eigenvalue weighted by Crippen LogP contribution is 2.09. The SMILES string of the molecule is CCC(Br)CCNc1ccncn1. The third-order valence-corrected chi connectivity index (χ3v) is 2.89. The first kappa shape index (κ1) is 10.4. The number of anilines is 1. The fourth-order valence-electron chi connectivity index (χ4n) is 0.956. The fourth-order valence-corrected chi connectivity index (χ4v) is 1.19. The van der Waals surface area contributed by atoms with Gasteiger partial charge in [-0.3, -0.25) is 0 Å². The van der Waals surface area contributed by atoms with Crippen molar-refractivity contribution in [3.8, 4) is 0 Å². The molecule has 1 unspecified atom stereocenters. The van der Waals surface area contributed by atoms with Crippen LogP contribution in [-0.4, -0.2) is 21.3 Å². The maximum atomic E-state index is 4.06. The van der Waals surface area contributed by atoms with Crippen LogP contribution in [0.3, 0.4) is 0 Å². The molecule has 1 N–H and O–H groups in total. The molecule has 0 amide bonds. The zero-order chi connectivity index (χ0) is 9.52. The van der Waals surface area contributed by atoms with Crippen molar-refractivity contribution in [2.45, 2.75) is 24.6 Å². The van der Waals surface area contributed by atoms with Gasteiger partial charge < -0.3 is 5.32 Å². The van der Waals surface area contributed by atoms with Crippen LogP contribution in [0.15, 0.2) is 18.6 Å². The summed E-state index contributed by atoms with van der Waals surface area (Å²) in [4.78, 5) is 8.51. The van der Waals surface area contributed by atoms with Gasteiger partial charge in [-0.25, -0.2) is 9.97 Å². The Labute approximate surface area is 87.1 Å². The maximum absolute atomic E-state index is 4.06. The molecule has 1 heterocycles. The minimum absolute atomic E-state index is 0.599. The van der Waals surface area contributed by atoms with Crippen LogP contribution in [0.5, 0.6) is 0 Å². The smallest absolute Gasteiger partial charge is 0.129 e. The number of nitrogens with one attached hydrogen (secondary N) is 1. The van der Waals surface area contributed by atoms with E-state index in [1.54, 1.807) is 12.5 Å². The van der Waals surface area contributed by atoms with Crippen molar-refractivity contribution in [2.24, 2.45) is 0 Å². The van der Waals surface area contributed by atoms with Crippen molar-refractivity contribution in [2.75, 3.05) is 11.9 Å². The lowest BCUT2D eigenvalue weighted by atomic mass is 10.2. The van der Waals surface area contributed by atoms with Gasteiger partial charge in [-0.15, -0.1) is 0 Å². The van der Waals surface area contributed by atoms with Crippen molar-refractivity contribution in [3.05, 3.63) is 18.6 Å². The van der Waals surface area contributed by atoms with Gasteiger partial charge in [-0.1, -0.05) is 22.9 Å². The monoisotopic (exact) mass is 243 g/mol. The lowest BCUT2D eigenvalue weighted by Gasteiger charge is -2.07. The van der Waals surface area contributed by atoms with Gasteiger partial charge >= 0.3 is 0 Å².